The average molecular weight is 466 g/mol. The first-order valence-corrected chi connectivity index (χ1v) is 13.3. The number of piperidine rings is 2. The molecule has 3 fully saturated rings. The van der Waals surface area contributed by atoms with Crippen LogP contribution in [0.5, 0.6) is 0 Å². The number of hydrogen-bond acceptors (Lipinski definition) is 5. The van der Waals surface area contributed by atoms with Gasteiger partial charge in [0.25, 0.3) is 0 Å². The molecule has 0 bridgehead atoms. The summed E-state index contributed by atoms with van der Waals surface area (Å²) in [6.45, 7) is 4.61. The van der Waals surface area contributed by atoms with Crippen LogP contribution < -0.4 is 15.5 Å². The molecule has 1 aliphatic carbocycles. The van der Waals surface area contributed by atoms with Gasteiger partial charge in [-0.3, -0.25) is 9.48 Å². The summed E-state index contributed by atoms with van der Waals surface area (Å²) in [5.74, 6) is 1.31. The number of amides is 1. The number of carbonyl (C=O) groups excluding carboxylic acids is 2. The van der Waals surface area contributed by atoms with Crippen molar-refractivity contribution in [1.29, 1.82) is 0 Å². The maximum atomic E-state index is 12.7. The Morgan fingerprint density at radius 3 is 2.56 bits per heavy atom. The van der Waals surface area contributed by atoms with E-state index in [-0.39, 0.29) is 5.91 Å². The van der Waals surface area contributed by atoms with Gasteiger partial charge >= 0.3 is 0 Å². The molecule has 3 heterocycles. The van der Waals surface area contributed by atoms with Crippen LogP contribution in [-0.4, -0.2) is 55.2 Å². The minimum atomic E-state index is -0.394. The first kappa shape index (κ1) is 23.3. The van der Waals surface area contributed by atoms with Crippen molar-refractivity contribution in [2.24, 2.45) is 11.8 Å². The second-order valence-electron chi connectivity index (χ2n) is 10.5. The van der Waals surface area contributed by atoms with Crippen LogP contribution in [0.25, 0.3) is 10.9 Å². The monoisotopic (exact) mass is 465 g/mol. The standard InChI is InChI=1S/C27H39N5O2/c1-28-27(34)24(3-2-16-33)26-23-7-6-22(18-25(23)32(30-26)21-4-5-21)31-14-10-20(11-15-31)17-19-8-12-29-13-9-19/h6-7,16,18-21,24,29H,2-5,8-15,17H2,1H3,(H,28,34). The smallest absolute Gasteiger partial charge is 0.228 e. The number of aromatic nitrogens is 2. The number of carbonyl (C=O) groups is 2. The van der Waals surface area contributed by atoms with Crippen LogP contribution in [0.2, 0.25) is 0 Å². The number of aldehydes is 1. The Morgan fingerprint density at radius 1 is 1.15 bits per heavy atom. The number of nitrogens with zero attached hydrogens (tertiary/aromatic N) is 3. The van der Waals surface area contributed by atoms with Gasteiger partial charge in [0.15, 0.2) is 0 Å². The van der Waals surface area contributed by atoms with Gasteiger partial charge in [-0.2, -0.15) is 5.10 Å². The van der Waals surface area contributed by atoms with E-state index >= 15 is 0 Å². The van der Waals surface area contributed by atoms with Crippen molar-refractivity contribution in [3.8, 4) is 0 Å². The second-order valence-corrected chi connectivity index (χ2v) is 10.5. The molecular weight excluding hydrogens is 426 g/mol. The molecule has 2 aromatic rings. The summed E-state index contributed by atoms with van der Waals surface area (Å²) in [6, 6.07) is 7.08. The predicted octanol–water partition coefficient (Wildman–Crippen LogP) is 3.79. The third kappa shape index (κ3) is 4.99. The molecule has 1 aromatic carbocycles. The molecule has 1 saturated carbocycles. The predicted molar refractivity (Wildman–Crippen MR) is 135 cm³/mol. The van der Waals surface area contributed by atoms with Gasteiger partial charge in [-0.1, -0.05) is 0 Å². The highest BCUT2D eigenvalue weighted by Crippen LogP contribution is 2.41. The molecular formula is C27H39N5O2. The van der Waals surface area contributed by atoms with Crippen LogP contribution >= 0.6 is 0 Å². The number of nitrogens with one attached hydrogen (secondary N) is 2. The minimum Gasteiger partial charge on any atom is -0.371 e. The molecule has 1 atom stereocenters. The lowest BCUT2D eigenvalue weighted by Crippen LogP contribution is -2.35. The van der Waals surface area contributed by atoms with E-state index in [4.69, 9.17) is 5.10 Å². The Balaban J connectivity index is 1.34. The zero-order valence-electron chi connectivity index (χ0n) is 20.5. The highest BCUT2D eigenvalue weighted by molar-refractivity contribution is 5.92. The fourth-order valence-electron chi connectivity index (χ4n) is 6.02. The fourth-order valence-corrected chi connectivity index (χ4v) is 6.02. The molecule has 7 heteroatoms. The second kappa shape index (κ2) is 10.5. The zero-order valence-corrected chi connectivity index (χ0v) is 20.5. The summed E-state index contributed by atoms with van der Waals surface area (Å²) >= 11 is 0. The van der Waals surface area contributed by atoms with Crippen molar-refractivity contribution in [3.05, 3.63) is 23.9 Å². The molecule has 1 aromatic heterocycles. The first-order chi connectivity index (χ1) is 16.7. The third-order valence-electron chi connectivity index (χ3n) is 8.18. The van der Waals surface area contributed by atoms with E-state index in [1.165, 1.54) is 50.9 Å². The van der Waals surface area contributed by atoms with E-state index in [0.29, 0.717) is 18.9 Å². The summed E-state index contributed by atoms with van der Waals surface area (Å²) in [5, 5.41) is 12.3. The SMILES string of the molecule is CNC(=O)C(CCC=O)c1nn(C2CC2)c2cc(N3CCC(CC4CCNCC4)CC3)ccc12. The Hall–Kier alpha value is -2.41. The lowest BCUT2D eigenvalue weighted by atomic mass is 9.83. The van der Waals surface area contributed by atoms with Gasteiger partial charge in [0.2, 0.25) is 5.91 Å². The molecule has 34 heavy (non-hydrogen) atoms. The molecule has 1 unspecified atom stereocenters. The van der Waals surface area contributed by atoms with Crippen LogP contribution in [0.1, 0.15) is 75.4 Å². The van der Waals surface area contributed by atoms with Crippen LogP contribution in [0.3, 0.4) is 0 Å². The van der Waals surface area contributed by atoms with E-state index in [1.54, 1.807) is 7.05 Å². The van der Waals surface area contributed by atoms with E-state index in [2.05, 4.69) is 38.4 Å². The van der Waals surface area contributed by atoms with E-state index in [9.17, 15) is 9.59 Å². The van der Waals surface area contributed by atoms with Crippen molar-refractivity contribution in [1.82, 2.24) is 20.4 Å². The topological polar surface area (TPSA) is 79.3 Å². The molecule has 7 nitrogen and oxygen atoms in total. The van der Waals surface area contributed by atoms with Crippen molar-refractivity contribution in [2.75, 3.05) is 38.1 Å². The summed E-state index contributed by atoms with van der Waals surface area (Å²) < 4.78 is 2.15. The zero-order chi connectivity index (χ0) is 23.5. The molecule has 184 valence electrons. The maximum absolute atomic E-state index is 12.7. The van der Waals surface area contributed by atoms with Crippen LogP contribution in [-0.2, 0) is 9.59 Å². The number of likely N-dealkylation sites (N-methyl/N-ethyl adjacent to an activating group) is 1. The van der Waals surface area contributed by atoms with Gasteiger partial charge in [-0.15, -0.1) is 0 Å². The van der Waals surface area contributed by atoms with E-state index < -0.39 is 5.92 Å². The fraction of sp³-hybridized carbons (Fsp3) is 0.667. The van der Waals surface area contributed by atoms with E-state index in [0.717, 1.165) is 60.6 Å². The largest absolute Gasteiger partial charge is 0.371 e. The summed E-state index contributed by atoms with van der Waals surface area (Å²) in [5.41, 5.74) is 3.22. The Bertz CT molecular complexity index is 1000. The normalized spacial score (nSPS) is 21.0. The summed E-state index contributed by atoms with van der Waals surface area (Å²) in [7, 11) is 1.66. The molecule has 0 radical (unpaired) electrons. The molecule has 0 spiro atoms. The van der Waals surface area contributed by atoms with Crippen LogP contribution in [0, 0.1) is 11.8 Å². The van der Waals surface area contributed by atoms with Gasteiger partial charge in [0.05, 0.1) is 23.2 Å². The minimum absolute atomic E-state index is 0.0657. The van der Waals surface area contributed by atoms with Crippen LogP contribution in [0.4, 0.5) is 5.69 Å². The van der Waals surface area contributed by atoms with Crippen molar-refractivity contribution in [3.63, 3.8) is 0 Å². The number of rotatable bonds is 9. The first-order valence-electron chi connectivity index (χ1n) is 13.3. The number of benzene rings is 1. The molecule has 2 N–H and O–H groups in total. The van der Waals surface area contributed by atoms with Gasteiger partial charge < -0.3 is 20.3 Å². The Morgan fingerprint density at radius 2 is 1.88 bits per heavy atom. The summed E-state index contributed by atoms with van der Waals surface area (Å²) in [6.07, 6.45) is 10.7. The molecule has 3 aliphatic rings. The van der Waals surface area contributed by atoms with Crippen molar-refractivity contribution >= 4 is 28.8 Å². The van der Waals surface area contributed by atoms with Crippen molar-refractivity contribution < 1.29 is 9.59 Å². The number of hydrogen-bond donors (Lipinski definition) is 2. The number of anilines is 1. The highest BCUT2D eigenvalue weighted by atomic mass is 16.1. The molecule has 2 aliphatic heterocycles. The molecule has 5 rings (SSSR count). The Labute approximate surface area is 202 Å². The van der Waals surface area contributed by atoms with Gasteiger partial charge in [-0.05, 0) is 94.5 Å². The highest BCUT2D eigenvalue weighted by Gasteiger charge is 2.32. The maximum Gasteiger partial charge on any atom is 0.228 e. The van der Waals surface area contributed by atoms with Gasteiger partial charge in [-0.25, -0.2) is 0 Å². The van der Waals surface area contributed by atoms with Crippen molar-refractivity contribution in [2.45, 2.75) is 69.7 Å². The summed E-state index contributed by atoms with van der Waals surface area (Å²) in [4.78, 5) is 26.2. The quantitative estimate of drug-likeness (QED) is 0.551. The molecule has 2 saturated heterocycles. The lowest BCUT2D eigenvalue weighted by Gasteiger charge is -2.36. The third-order valence-corrected chi connectivity index (χ3v) is 8.18. The lowest BCUT2D eigenvalue weighted by molar-refractivity contribution is -0.122. The van der Waals surface area contributed by atoms with Gasteiger partial charge in [0, 0.05) is 37.6 Å². The van der Waals surface area contributed by atoms with Gasteiger partial charge in [0.1, 0.15) is 6.29 Å². The van der Waals surface area contributed by atoms with Crippen LogP contribution in [0.15, 0.2) is 18.2 Å². The average Bonchev–Trinajstić information content (AvgIpc) is 3.66. The van der Waals surface area contributed by atoms with E-state index in [1.807, 2.05) is 0 Å². The Kier molecular flexibility index (Phi) is 7.18. The molecule has 1 amide bonds. The number of fused-ring (bicyclic) bond motifs is 1.